The van der Waals surface area contributed by atoms with Crippen LogP contribution in [0.4, 0.5) is 11.5 Å². The number of nitrogens with one attached hydrogen (secondary N) is 1. The van der Waals surface area contributed by atoms with Crippen LogP contribution in [0.5, 0.6) is 0 Å². The molecule has 1 atom stereocenters. The maximum Gasteiger partial charge on any atom is 0.270 e. The lowest BCUT2D eigenvalue weighted by Gasteiger charge is -2.34. The summed E-state index contributed by atoms with van der Waals surface area (Å²) in [4.78, 5) is 33.8. The van der Waals surface area contributed by atoms with Crippen LogP contribution in [-0.4, -0.2) is 39.9 Å². The standard InChI is InChI=1S/C20H25N5O3/c1-3-6-19(26)22-16-8-5-10-24(13-16)18-11-14(2)21-20(23-18)15-7-4-9-17(12-15)25(27)28/h4,7,9,11-12,16H,3,5-6,8,10,13H2,1-2H3,(H,22,26). The number of hydrogen-bond acceptors (Lipinski definition) is 6. The Labute approximate surface area is 164 Å². The molecule has 2 heterocycles. The fourth-order valence-electron chi connectivity index (χ4n) is 3.43. The van der Waals surface area contributed by atoms with Gasteiger partial charge in [0.2, 0.25) is 5.91 Å². The third kappa shape index (κ3) is 4.82. The van der Waals surface area contributed by atoms with Gasteiger partial charge in [0.15, 0.2) is 5.82 Å². The van der Waals surface area contributed by atoms with E-state index in [0.29, 0.717) is 24.4 Å². The number of nitro groups is 1. The minimum Gasteiger partial charge on any atom is -0.354 e. The summed E-state index contributed by atoms with van der Waals surface area (Å²) in [7, 11) is 0. The Morgan fingerprint density at radius 3 is 2.93 bits per heavy atom. The fraction of sp³-hybridized carbons (Fsp3) is 0.450. The highest BCUT2D eigenvalue weighted by Crippen LogP contribution is 2.25. The number of aryl methyl sites for hydroxylation is 1. The molecule has 1 fully saturated rings. The van der Waals surface area contributed by atoms with Gasteiger partial charge in [0.25, 0.3) is 5.69 Å². The Hall–Kier alpha value is -3.03. The van der Waals surface area contributed by atoms with Gasteiger partial charge in [-0.25, -0.2) is 9.97 Å². The van der Waals surface area contributed by atoms with Crippen LogP contribution in [0.2, 0.25) is 0 Å². The molecular formula is C20H25N5O3. The van der Waals surface area contributed by atoms with E-state index in [4.69, 9.17) is 0 Å². The molecule has 1 aliphatic heterocycles. The molecule has 0 spiro atoms. The third-order valence-electron chi connectivity index (χ3n) is 4.74. The summed E-state index contributed by atoms with van der Waals surface area (Å²) < 4.78 is 0. The molecule has 0 bridgehead atoms. The Balaban J connectivity index is 1.82. The molecule has 28 heavy (non-hydrogen) atoms. The van der Waals surface area contributed by atoms with E-state index < -0.39 is 4.92 Å². The second-order valence-electron chi connectivity index (χ2n) is 7.10. The summed E-state index contributed by atoms with van der Waals surface area (Å²) in [5, 5.41) is 14.2. The van der Waals surface area contributed by atoms with Crippen molar-refractivity contribution in [2.24, 2.45) is 0 Å². The summed E-state index contributed by atoms with van der Waals surface area (Å²) >= 11 is 0. The summed E-state index contributed by atoms with van der Waals surface area (Å²) in [6, 6.07) is 8.37. The van der Waals surface area contributed by atoms with Crippen LogP contribution < -0.4 is 10.2 Å². The van der Waals surface area contributed by atoms with Gasteiger partial charge < -0.3 is 10.2 Å². The zero-order valence-corrected chi connectivity index (χ0v) is 16.2. The Morgan fingerprint density at radius 2 is 2.18 bits per heavy atom. The molecule has 0 saturated carbocycles. The SMILES string of the molecule is CCCC(=O)NC1CCCN(c2cc(C)nc(-c3cccc([N+](=O)[O-])c3)n2)C1. The van der Waals surface area contributed by atoms with Crippen molar-refractivity contribution < 1.29 is 9.72 Å². The second kappa shape index (κ2) is 8.77. The number of nitro benzene ring substituents is 1. The number of amides is 1. The summed E-state index contributed by atoms with van der Waals surface area (Å²) in [5.74, 6) is 1.34. The molecule has 0 aliphatic carbocycles. The van der Waals surface area contributed by atoms with E-state index in [1.54, 1.807) is 12.1 Å². The number of nitrogens with zero attached hydrogens (tertiary/aromatic N) is 4. The van der Waals surface area contributed by atoms with Crippen molar-refractivity contribution in [1.29, 1.82) is 0 Å². The van der Waals surface area contributed by atoms with E-state index in [2.05, 4.69) is 20.2 Å². The van der Waals surface area contributed by atoms with E-state index >= 15 is 0 Å². The van der Waals surface area contributed by atoms with E-state index in [1.165, 1.54) is 12.1 Å². The first-order valence-corrected chi connectivity index (χ1v) is 9.61. The van der Waals surface area contributed by atoms with Crippen LogP contribution in [-0.2, 0) is 4.79 Å². The highest BCUT2D eigenvalue weighted by Gasteiger charge is 2.23. The van der Waals surface area contributed by atoms with Crippen molar-refractivity contribution in [2.45, 2.75) is 45.6 Å². The van der Waals surface area contributed by atoms with Gasteiger partial charge in [-0.15, -0.1) is 0 Å². The van der Waals surface area contributed by atoms with Crippen LogP contribution in [0.15, 0.2) is 30.3 Å². The molecule has 148 valence electrons. The van der Waals surface area contributed by atoms with Gasteiger partial charge >= 0.3 is 0 Å². The van der Waals surface area contributed by atoms with Crippen molar-refractivity contribution in [1.82, 2.24) is 15.3 Å². The smallest absolute Gasteiger partial charge is 0.270 e. The Bertz CT molecular complexity index is 871. The first kappa shape index (κ1) is 19.7. The number of aromatic nitrogens is 2. The number of rotatable bonds is 6. The van der Waals surface area contributed by atoms with Gasteiger partial charge in [0.05, 0.1) is 4.92 Å². The number of carbonyl (C=O) groups excluding carboxylic acids is 1. The second-order valence-corrected chi connectivity index (χ2v) is 7.10. The average molecular weight is 383 g/mol. The molecule has 8 heteroatoms. The van der Waals surface area contributed by atoms with Gasteiger partial charge in [-0.05, 0) is 26.2 Å². The lowest BCUT2D eigenvalue weighted by atomic mass is 10.1. The lowest BCUT2D eigenvalue weighted by Crippen LogP contribution is -2.48. The highest BCUT2D eigenvalue weighted by atomic mass is 16.6. The van der Waals surface area contributed by atoms with Gasteiger partial charge in [-0.1, -0.05) is 19.1 Å². The van der Waals surface area contributed by atoms with Crippen LogP contribution in [0, 0.1) is 17.0 Å². The van der Waals surface area contributed by atoms with Crippen molar-refractivity contribution >= 4 is 17.4 Å². The Morgan fingerprint density at radius 1 is 1.36 bits per heavy atom. The molecule has 1 aromatic carbocycles. The van der Waals surface area contributed by atoms with Crippen LogP contribution in [0.3, 0.4) is 0 Å². The molecule has 1 aromatic heterocycles. The number of non-ortho nitro benzene ring substituents is 1. The maximum atomic E-state index is 11.9. The molecule has 0 radical (unpaired) electrons. The van der Waals surface area contributed by atoms with E-state index in [0.717, 1.165) is 37.3 Å². The number of carbonyl (C=O) groups is 1. The number of piperidine rings is 1. The highest BCUT2D eigenvalue weighted by molar-refractivity contribution is 5.76. The zero-order chi connectivity index (χ0) is 20.1. The molecule has 3 rings (SSSR count). The topological polar surface area (TPSA) is 101 Å². The summed E-state index contributed by atoms with van der Waals surface area (Å²) in [6.07, 6.45) is 3.29. The zero-order valence-electron chi connectivity index (χ0n) is 16.2. The largest absolute Gasteiger partial charge is 0.354 e. The van der Waals surface area contributed by atoms with Crippen LogP contribution in [0.25, 0.3) is 11.4 Å². The van der Waals surface area contributed by atoms with Gasteiger partial charge in [-0.2, -0.15) is 0 Å². The molecular weight excluding hydrogens is 358 g/mol. The first-order valence-electron chi connectivity index (χ1n) is 9.61. The van der Waals surface area contributed by atoms with E-state index in [9.17, 15) is 14.9 Å². The predicted molar refractivity (Wildman–Crippen MR) is 107 cm³/mol. The fourth-order valence-corrected chi connectivity index (χ4v) is 3.43. The third-order valence-corrected chi connectivity index (χ3v) is 4.74. The minimum atomic E-state index is -0.422. The molecule has 1 N–H and O–H groups in total. The number of hydrogen-bond donors (Lipinski definition) is 1. The van der Waals surface area contributed by atoms with E-state index in [-0.39, 0.29) is 17.6 Å². The van der Waals surface area contributed by atoms with Crippen molar-refractivity contribution in [2.75, 3.05) is 18.0 Å². The average Bonchev–Trinajstić information content (AvgIpc) is 2.68. The van der Waals surface area contributed by atoms with Crippen LogP contribution >= 0.6 is 0 Å². The monoisotopic (exact) mass is 383 g/mol. The molecule has 1 amide bonds. The molecule has 1 aliphatic rings. The van der Waals surface area contributed by atoms with Crippen molar-refractivity contribution in [3.63, 3.8) is 0 Å². The van der Waals surface area contributed by atoms with Gasteiger partial charge in [-0.3, -0.25) is 14.9 Å². The number of benzene rings is 1. The van der Waals surface area contributed by atoms with Gasteiger partial charge in [0.1, 0.15) is 5.82 Å². The lowest BCUT2D eigenvalue weighted by molar-refractivity contribution is -0.384. The van der Waals surface area contributed by atoms with Crippen LogP contribution in [0.1, 0.15) is 38.3 Å². The quantitative estimate of drug-likeness (QED) is 0.607. The predicted octanol–water partition coefficient (Wildman–Crippen LogP) is 3.25. The maximum absolute atomic E-state index is 11.9. The first-order chi connectivity index (χ1) is 13.5. The Kier molecular flexibility index (Phi) is 6.18. The minimum absolute atomic E-state index is 0.0147. The summed E-state index contributed by atoms with van der Waals surface area (Å²) in [6.45, 7) is 5.42. The van der Waals surface area contributed by atoms with Crippen molar-refractivity contribution in [3.05, 3.63) is 46.1 Å². The number of anilines is 1. The molecule has 1 saturated heterocycles. The van der Waals surface area contributed by atoms with Gasteiger partial charge in [0, 0.05) is 55.0 Å². The van der Waals surface area contributed by atoms with E-state index in [1.807, 2.05) is 19.9 Å². The normalized spacial score (nSPS) is 16.6. The molecule has 2 aromatic rings. The molecule has 1 unspecified atom stereocenters. The molecule has 8 nitrogen and oxygen atoms in total. The van der Waals surface area contributed by atoms with Crippen molar-refractivity contribution in [3.8, 4) is 11.4 Å². The summed E-state index contributed by atoms with van der Waals surface area (Å²) in [5.41, 5.74) is 1.42.